The van der Waals surface area contributed by atoms with E-state index in [4.69, 9.17) is 0 Å². The van der Waals surface area contributed by atoms with Gasteiger partial charge in [-0.2, -0.15) is 0 Å². The lowest BCUT2D eigenvalue weighted by molar-refractivity contribution is 0.420. The summed E-state index contributed by atoms with van der Waals surface area (Å²) in [6.07, 6.45) is 15.0. The van der Waals surface area contributed by atoms with E-state index in [0.29, 0.717) is 5.92 Å². The predicted octanol–water partition coefficient (Wildman–Crippen LogP) is 18.3. The first-order chi connectivity index (χ1) is 34.9. The van der Waals surface area contributed by atoms with Gasteiger partial charge in [0, 0.05) is 39.4 Å². The second-order valence-electron chi connectivity index (χ2n) is 23.1. The van der Waals surface area contributed by atoms with Crippen molar-refractivity contribution in [3.05, 3.63) is 226 Å². The molecule has 0 saturated heterocycles. The second-order valence-corrected chi connectivity index (χ2v) is 23.1. The van der Waals surface area contributed by atoms with E-state index in [1.807, 2.05) is 0 Å². The fourth-order valence-corrected chi connectivity index (χ4v) is 15.2. The third-order valence-electron chi connectivity index (χ3n) is 18.8. The van der Waals surface area contributed by atoms with Crippen LogP contribution in [-0.2, 0) is 31.1 Å². The highest BCUT2D eigenvalue weighted by molar-refractivity contribution is 5.95. The molecule has 8 aromatic rings. The minimum absolute atomic E-state index is 0.135. The first-order valence-corrected chi connectivity index (χ1v) is 27.3. The molecule has 0 radical (unpaired) electrons. The molecule has 352 valence electrons. The van der Waals surface area contributed by atoms with E-state index in [0.717, 1.165) is 55.3 Å². The zero-order valence-electron chi connectivity index (χ0n) is 41.7. The van der Waals surface area contributed by atoms with Gasteiger partial charge in [0.25, 0.3) is 0 Å². The van der Waals surface area contributed by atoms with Gasteiger partial charge in [0.05, 0.1) is 5.69 Å². The number of anilines is 6. The van der Waals surface area contributed by atoms with E-state index < -0.39 is 0 Å². The number of hydrogen-bond acceptors (Lipinski definition) is 2. The average Bonchev–Trinajstić information content (AvgIpc) is 4.28. The van der Waals surface area contributed by atoms with Crippen molar-refractivity contribution >= 4 is 34.1 Å². The lowest BCUT2D eigenvalue weighted by atomic mass is 9.81. The van der Waals surface area contributed by atoms with Gasteiger partial charge in [0.15, 0.2) is 0 Å². The summed E-state index contributed by atoms with van der Waals surface area (Å²) in [4.78, 5) is 5.21. The van der Waals surface area contributed by atoms with Crippen LogP contribution in [0.25, 0.3) is 22.3 Å². The molecule has 8 aromatic carbocycles. The Morgan fingerprint density at radius 2 is 0.901 bits per heavy atom. The maximum absolute atomic E-state index is 2.67. The van der Waals surface area contributed by atoms with Crippen LogP contribution in [0.4, 0.5) is 34.1 Å². The molecule has 17 rings (SSSR count). The van der Waals surface area contributed by atoms with E-state index >= 15 is 0 Å². The Labute approximate surface area is 422 Å². The standard InChI is InChI=1S/C69H66N2/c1-69(2)64-16-10-9-15-59(64)63-43-62(49-11-5-3-6-12-49)68(44-65(63)69)71(58-35-31-51(32-36-58)61-40-48-22-28-55(61)38-48)67-42-46-18-24-52-23-17-45(19-25-53(67)26-20-46)41-66(52)70(56-13-7-4-8-14-56)57-33-29-50(30-34-57)60-39-47-21-27-54(60)37-47/h3-17,20,23,26,29-36,41-44,47-48,54-55,60-61H,18-19,21-22,24-25,27-28,37-40H2,1-2H3. The first kappa shape index (κ1) is 43.2. The zero-order valence-corrected chi connectivity index (χ0v) is 41.7. The lowest BCUT2D eigenvalue weighted by Gasteiger charge is -2.33. The van der Waals surface area contributed by atoms with Crippen molar-refractivity contribution in [3.63, 3.8) is 0 Å². The molecule has 0 amide bonds. The SMILES string of the molecule is CC1(C)c2ccccc2-c2cc(-c3ccccc3)c(N(c3ccc(C4CC5CCC4C5)cc3)c3cc4ccc3CCc3ccc(c(N(c5ccccc5)c5ccc(C6CC7CCC6C7)cc5)c3)CC4)cc21. The summed E-state index contributed by atoms with van der Waals surface area (Å²) >= 11 is 0. The van der Waals surface area contributed by atoms with E-state index in [1.54, 1.807) is 5.56 Å². The highest BCUT2D eigenvalue weighted by Crippen LogP contribution is 2.57. The van der Waals surface area contributed by atoms with Gasteiger partial charge >= 0.3 is 0 Å². The summed E-state index contributed by atoms with van der Waals surface area (Å²) in [5.41, 5.74) is 24.1. The summed E-state index contributed by atoms with van der Waals surface area (Å²) in [5, 5.41) is 0. The molecule has 0 N–H and O–H groups in total. The summed E-state index contributed by atoms with van der Waals surface area (Å²) in [7, 11) is 0. The summed E-state index contributed by atoms with van der Waals surface area (Å²) in [6, 6.07) is 71.1. The molecule has 71 heavy (non-hydrogen) atoms. The first-order valence-electron chi connectivity index (χ1n) is 27.3. The highest BCUT2D eigenvalue weighted by atomic mass is 15.2. The van der Waals surface area contributed by atoms with Crippen LogP contribution in [0.2, 0.25) is 0 Å². The van der Waals surface area contributed by atoms with Gasteiger partial charge in [-0.1, -0.05) is 148 Å². The summed E-state index contributed by atoms with van der Waals surface area (Å²) < 4.78 is 0. The molecule has 8 bridgehead atoms. The highest BCUT2D eigenvalue weighted by Gasteiger charge is 2.42. The lowest BCUT2D eigenvalue weighted by Crippen LogP contribution is -2.18. The van der Waals surface area contributed by atoms with E-state index in [9.17, 15) is 0 Å². The van der Waals surface area contributed by atoms with E-state index in [-0.39, 0.29) is 5.41 Å². The van der Waals surface area contributed by atoms with Crippen LogP contribution in [0.5, 0.6) is 0 Å². The van der Waals surface area contributed by atoms with Gasteiger partial charge in [-0.15, -0.1) is 0 Å². The van der Waals surface area contributed by atoms with Crippen molar-refractivity contribution in [3.8, 4) is 22.3 Å². The third-order valence-corrected chi connectivity index (χ3v) is 18.8. The van der Waals surface area contributed by atoms with E-state index in [1.165, 1.54) is 147 Å². The average molecular weight is 923 g/mol. The van der Waals surface area contributed by atoms with Gasteiger partial charge in [-0.3, -0.25) is 0 Å². The molecule has 0 heterocycles. The van der Waals surface area contributed by atoms with Crippen LogP contribution in [-0.4, -0.2) is 0 Å². The zero-order chi connectivity index (χ0) is 47.2. The Hall–Kier alpha value is -6.64. The van der Waals surface area contributed by atoms with Gasteiger partial charge < -0.3 is 9.80 Å². The van der Waals surface area contributed by atoms with Crippen molar-refractivity contribution in [2.24, 2.45) is 23.7 Å². The molecule has 9 aliphatic carbocycles. The number of nitrogens with zero attached hydrogens (tertiary/aromatic N) is 2. The molecule has 0 aliphatic heterocycles. The van der Waals surface area contributed by atoms with Crippen LogP contribution in [0.1, 0.15) is 122 Å². The van der Waals surface area contributed by atoms with Crippen LogP contribution >= 0.6 is 0 Å². The molecule has 6 atom stereocenters. The fourth-order valence-electron chi connectivity index (χ4n) is 15.2. The Morgan fingerprint density at radius 3 is 1.46 bits per heavy atom. The van der Waals surface area contributed by atoms with Crippen LogP contribution in [0.15, 0.2) is 182 Å². The van der Waals surface area contributed by atoms with Crippen molar-refractivity contribution in [1.29, 1.82) is 0 Å². The van der Waals surface area contributed by atoms with Crippen molar-refractivity contribution in [2.75, 3.05) is 9.80 Å². The molecular weight excluding hydrogens is 857 g/mol. The Morgan fingerprint density at radius 1 is 0.380 bits per heavy atom. The Balaban J connectivity index is 0.882. The Kier molecular flexibility index (Phi) is 10.5. The van der Waals surface area contributed by atoms with Crippen LogP contribution in [0.3, 0.4) is 0 Å². The Bertz CT molecular complexity index is 3270. The van der Waals surface area contributed by atoms with Crippen molar-refractivity contribution in [2.45, 2.75) is 108 Å². The number of rotatable bonds is 9. The molecule has 6 unspecified atom stereocenters. The normalized spacial score (nSPS) is 23.1. The molecule has 0 aromatic heterocycles. The van der Waals surface area contributed by atoms with Crippen LogP contribution in [0, 0.1) is 23.7 Å². The van der Waals surface area contributed by atoms with Gasteiger partial charge in [0.1, 0.15) is 0 Å². The number of hydrogen-bond donors (Lipinski definition) is 0. The number of aryl methyl sites for hydroxylation is 4. The largest absolute Gasteiger partial charge is 0.310 e. The molecule has 2 nitrogen and oxygen atoms in total. The maximum Gasteiger partial charge on any atom is 0.0543 e. The maximum atomic E-state index is 2.67. The number of para-hydroxylation sites is 1. The minimum Gasteiger partial charge on any atom is -0.310 e. The molecule has 4 fully saturated rings. The topological polar surface area (TPSA) is 6.48 Å². The summed E-state index contributed by atoms with van der Waals surface area (Å²) in [5.74, 6) is 5.01. The molecule has 2 heteroatoms. The summed E-state index contributed by atoms with van der Waals surface area (Å²) in [6.45, 7) is 4.85. The monoisotopic (exact) mass is 923 g/mol. The molecule has 4 saturated carbocycles. The number of fused-ring (bicyclic) bond motifs is 7. The van der Waals surface area contributed by atoms with E-state index in [2.05, 4.69) is 206 Å². The second kappa shape index (κ2) is 17.3. The smallest absolute Gasteiger partial charge is 0.0543 e. The number of benzene rings is 8. The molecule has 9 aliphatic rings. The minimum atomic E-state index is -0.135. The quantitative estimate of drug-likeness (QED) is 0.142. The predicted molar refractivity (Wildman–Crippen MR) is 296 cm³/mol. The van der Waals surface area contributed by atoms with Gasteiger partial charge in [0.2, 0.25) is 0 Å². The van der Waals surface area contributed by atoms with Crippen molar-refractivity contribution in [1.82, 2.24) is 0 Å². The fraction of sp³-hybridized carbons (Fsp3) is 0.304. The van der Waals surface area contributed by atoms with Crippen LogP contribution < -0.4 is 9.80 Å². The van der Waals surface area contributed by atoms with Gasteiger partial charge in [-0.05, 0) is 222 Å². The third kappa shape index (κ3) is 7.50. The van der Waals surface area contributed by atoms with Crippen molar-refractivity contribution < 1.29 is 0 Å². The molecule has 0 spiro atoms. The van der Waals surface area contributed by atoms with Gasteiger partial charge in [-0.25, -0.2) is 0 Å². The molecular formula is C69H66N2.